The van der Waals surface area contributed by atoms with Crippen LogP contribution in [0.4, 0.5) is 0 Å². The monoisotopic (exact) mass is 198 g/mol. The van der Waals surface area contributed by atoms with Gasteiger partial charge in [-0.05, 0) is 43.9 Å². The lowest BCUT2D eigenvalue weighted by molar-refractivity contribution is -0.0282. The van der Waals surface area contributed by atoms with Crippen molar-refractivity contribution in [3.63, 3.8) is 0 Å². The van der Waals surface area contributed by atoms with Gasteiger partial charge in [0.15, 0.2) is 0 Å². The third-order valence-corrected chi connectivity index (χ3v) is 4.04. The molecule has 0 radical (unpaired) electrons. The molecule has 0 bridgehead atoms. The summed E-state index contributed by atoms with van der Waals surface area (Å²) < 4.78 is 0. The van der Waals surface area contributed by atoms with E-state index in [0.29, 0.717) is 5.92 Å². The zero-order valence-electron chi connectivity index (χ0n) is 10.1. The molecule has 84 valence electrons. The van der Waals surface area contributed by atoms with Crippen molar-refractivity contribution in [3.05, 3.63) is 0 Å². The van der Waals surface area contributed by atoms with Gasteiger partial charge in [-0.25, -0.2) is 0 Å². The summed E-state index contributed by atoms with van der Waals surface area (Å²) in [5.41, 5.74) is -0.318. The Bertz CT molecular complexity index is 157. The van der Waals surface area contributed by atoms with Crippen molar-refractivity contribution in [2.45, 2.75) is 71.3 Å². The first-order chi connectivity index (χ1) is 6.59. The van der Waals surface area contributed by atoms with E-state index in [9.17, 15) is 5.11 Å². The lowest BCUT2D eigenvalue weighted by Crippen LogP contribution is -2.35. The lowest BCUT2D eigenvalue weighted by atomic mass is 9.74. The number of rotatable bonds is 4. The topological polar surface area (TPSA) is 20.2 Å². The van der Waals surface area contributed by atoms with Gasteiger partial charge in [0.25, 0.3) is 0 Å². The number of aliphatic hydroxyl groups is 1. The maximum Gasteiger partial charge on any atom is 0.0650 e. The van der Waals surface area contributed by atoms with Gasteiger partial charge in [0.2, 0.25) is 0 Å². The Kier molecular flexibility index (Phi) is 4.43. The van der Waals surface area contributed by atoms with E-state index >= 15 is 0 Å². The highest BCUT2D eigenvalue weighted by Gasteiger charge is 2.33. The van der Waals surface area contributed by atoms with Crippen LogP contribution >= 0.6 is 0 Å². The molecule has 1 atom stereocenters. The minimum atomic E-state index is -0.318. The quantitative estimate of drug-likeness (QED) is 0.729. The van der Waals surface area contributed by atoms with Crippen molar-refractivity contribution >= 4 is 0 Å². The highest BCUT2D eigenvalue weighted by atomic mass is 16.3. The van der Waals surface area contributed by atoms with Crippen LogP contribution in [0.5, 0.6) is 0 Å². The van der Waals surface area contributed by atoms with Gasteiger partial charge >= 0.3 is 0 Å². The first-order valence-electron chi connectivity index (χ1n) is 6.32. The predicted molar refractivity (Wildman–Crippen MR) is 61.3 cm³/mol. The summed E-state index contributed by atoms with van der Waals surface area (Å²) in [5, 5.41) is 10.4. The standard InChI is InChI=1S/C13H26O/c1-4-11(3)10-13(14)8-6-12(5-2)7-9-13/h11-12,14H,4-10H2,1-3H3. The molecule has 0 aromatic heterocycles. The summed E-state index contributed by atoms with van der Waals surface area (Å²) in [5.74, 6) is 1.56. The molecule has 1 N–H and O–H groups in total. The van der Waals surface area contributed by atoms with E-state index in [1.54, 1.807) is 0 Å². The van der Waals surface area contributed by atoms with Gasteiger partial charge in [-0.3, -0.25) is 0 Å². The van der Waals surface area contributed by atoms with Crippen LogP contribution < -0.4 is 0 Å². The average Bonchev–Trinajstić information content (AvgIpc) is 2.18. The minimum Gasteiger partial charge on any atom is -0.390 e. The van der Waals surface area contributed by atoms with Gasteiger partial charge in [0, 0.05) is 0 Å². The third kappa shape index (κ3) is 3.27. The molecule has 14 heavy (non-hydrogen) atoms. The summed E-state index contributed by atoms with van der Waals surface area (Å²) >= 11 is 0. The van der Waals surface area contributed by atoms with Gasteiger partial charge in [-0.1, -0.05) is 33.6 Å². The van der Waals surface area contributed by atoms with Crippen LogP contribution in [-0.4, -0.2) is 10.7 Å². The molecule has 0 amide bonds. The maximum absolute atomic E-state index is 10.4. The zero-order chi connectivity index (χ0) is 10.6. The average molecular weight is 198 g/mol. The largest absolute Gasteiger partial charge is 0.390 e. The summed E-state index contributed by atoms with van der Waals surface area (Å²) in [6, 6.07) is 0. The Morgan fingerprint density at radius 3 is 2.29 bits per heavy atom. The molecule has 0 heterocycles. The van der Waals surface area contributed by atoms with Crippen LogP contribution in [0.1, 0.15) is 65.7 Å². The molecular weight excluding hydrogens is 172 g/mol. The summed E-state index contributed by atoms with van der Waals surface area (Å²) in [6.45, 7) is 6.74. The fraction of sp³-hybridized carbons (Fsp3) is 1.00. The molecule has 1 nitrogen and oxygen atoms in total. The Hall–Kier alpha value is -0.0400. The second-order valence-electron chi connectivity index (χ2n) is 5.29. The zero-order valence-corrected chi connectivity index (χ0v) is 10.1. The van der Waals surface area contributed by atoms with Crippen LogP contribution in [0.25, 0.3) is 0 Å². The Labute approximate surface area is 88.9 Å². The van der Waals surface area contributed by atoms with Crippen LogP contribution in [0.2, 0.25) is 0 Å². The van der Waals surface area contributed by atoms with E-state index in [1.807, 2.05) is 0 Å². The van der Waals surface area contributed by atoms with E-state index in [1.165, 1.54) is 25.7 Å². The summed E-state index contributed by atoms with van der Waals surface area (Å²) in [7, 11) is 0. The van der Waals surface area contributed by atoms with Crippen LogP contribution in [0.3, 0.4) is 0 Å². The predicted octanol–water partition coefficient (Wildman–Crippen LogP) is 3.75. The van der Waals surface area contributed by atoms with Crippen LogP contribution in [-0.2, 0) is 0 Å². The molecule has 0 spiro atoms. The molecule has 0 aromatic rings. The second-order valence-corrected chi connectivity index (χ2v) is 5.29. The van der Waals surface area contributed by atoms with E-state index in [2.05, 4.69) is 20.8 Å². The molecule has 1 aliphatic carbocycles. The Balaban J connectivity index is 2.37. The third-order valence-electron chi connectivity index (χ3n) is 4.04. The smallest absolute Gasteiger partial charge is 0.0650 e. The minimum absolute atomic E-state index is 0.318. The fourth-order valence-corrected chi connectivity index (χ4v) is 2.62. The molecule has 1 fully saturated rings. The van der Waals surface area contributed by atoms with Crippen molar-refractivity contribution in [2.75, 3.05) is 0 Å². The molecule has 1 aliphatic rings. The fourth-order valence-electron chi connectivity index (χ4n) is 2.62. The van der Waals surface area contributed by atoms with Gasteiger partial charge in [0.1, 0.15) is 0 Å². The number of hydrogen-bond donors (Lipinski definition) is 1. The Morgan fingerprint density at radius 2 is 1.86 bits per heavy atom. The van der Waals surface area contributed by atoms with Crippen molar-refractivity contribution in [2.24, 2.45) is 11.8 Å². The molecule has 1 unspecified atom stereocenters. The van der Waals surface area contributed by atoms with Gasteiger partial charge < -0.3 is 5.11 Å². The van der Waals surface area contributed by atoms with Crippen LogP contribution in [0.15, 0.2) is 0 Å². The van der Waals surface area contributed by atoms with Gasteiger partial charge in [0.05, 0.1) is 5.60 Å². The highest BCUT2D eigenvalue weighted by molar-refractivity contribution is 4.86. The Morgan fingerprint density at radius 1 is 1.29 bits per heavy atom. The van der Waals surface area contributed by atoms with Gasteiger partial charge in [-0.2, -0.15) is 0 Å². The van der Waals surface area contributed by atoms with E-state index in [-0.39, 0.29) is 5.60 Å². The molecule has 1 rings (SSSR count). The number of hydrogen-bond acceptors (Lipinski definition) is 1. The van der Waals surface area contributed by atoms with E-state index in [0.717, 1.165) is 25.2 Å². The molecular formula is C13H26O. The molecule has 0 aromatic carbocycles. The summed E-state index contributed by atoms with van der Waals surface area (Å²) in [6.07, 6.45) is 8.05. The molecule has 0 aliphatic heterocycles. The van der Waals surface area contributed by atoms with Crippen molar-refractivity contribution < 1.29 is 5.11 Å². The molecule has 1 saturated carbocycles. The van der Waals surface area contributed by atoms with Crippen LogP contribution in [0, 0.1) is 11.8 Å². The first kappa shape index (κ1) is 12.0. The van der Waals surface area contributed by atoms with Crippen molar-refractivity contribution in [1.82, 2.24) is 0 Å². The van der Waals surface area contributed by atoms with Crippen molar-refractivity contribution in [3.8, 4) is 0 Å². The van der Waals surface area contributed by atoms with Gasteiger partial charge in [-0.15, -0.1) is 0 Å². The van der Waals surface area contributed by atoms with E-state index in [4.69, 9.17) is 0 Å². The molecule has 0 saturated heterocycles. The normalized spacial score (nSPS) is 35.6. The lowest BCUT2D eigenvalue weighted by Gasteiger charge is -2.37. The summed E-state index contributed by atoms with van der Waals surface area (Å²) in [4.78, 5) is 0. The molecule has 1 heteroatoms. The first-order valence-corrected chi connectivity index (χ1v) is 6.32. The highest BCUT2D eigenvalue weighted by Crippen LogP contribution is 2.37. The van der Waals surface area contributed by atoms with Crippen molar-refractivity contribution in [1.29, 1.82) is 0 Å². The SMILES string of the molecule is CCC(C)CC1(O)CCC(CC)CC1. The second kappa shape index (κ2) is 5.16. The maximum atomic E-state index is 10.4. The van der Waals surface area contributed by atoms with E-state index < -0.39 is 0 Å².